The molecule has 2 heterocycles. The zero-order valence-electron chi connectivity index (χ0n) is 19.3. The summed E-state index contributed by atoms with van der Waals surface area (Å²) in [6.07, 6.45) is 3.75. The summed E-state index contributed by atoms with van der Waals surface area (Å²) in [5.41, 5.74) is 7.81. The Morgan fingerprint density at radius 2 is 1.29 bits per heavy atom. The molecule has 5 rings (SSSR count). The topological polar surface area (TPSA) is 25.8 Å². The second-order valence-corrected chi connectivity index (χ2v) is 7.88. The molecular weight excluding hydrogens is 593 g/mol. The van der Waals surface area contributed by atoms with E-state index in [-0.39, 0.29) is 20.1 Å². The van der Waals surface area contributed by atoms with Gasteiger partial charge in [0.15, 0.2) is 0 Å². The first-order valence-electron chi connectivity index (χ1n) is 11.1. The predicted molar refractivity (Wildman–Crippen MR) is 136 cm³/mol. The third kappa shape index (κ3) is 6.81. The molecule has 0 saturated carbocycles. The molecule has 3 heteroatoms. The number of aromatic nitrogens is 2. The van der Waals surface area contributed by atoms with Crippen molar-refractivity contribution in [2.75, 3.05) is 0 Å². The van der Waals surface area contributed by atoms with Crippen molar-refractivity contribution >= 4 is 0 Å². The Morgan fingerprint density at radius 3 is 1.88 bits per heavy atom. The Kier molecular flexibility index (Phi) is 9.46. The number of nitrogens with zero attached hydrogens (tertiary/aromatic N) is 2. The van der Waals surface area contributed by atoms with Gasteiger partial charge in [-0.3, -0.25) is 0 Å². The quantitative estimate of drug-likeness (QED) is 0.194. The van der Waals surface area contributed by atoms with E-state index >= 15 is 0 Å². The summed E-state index contributed by atoms with van der Waals surface area (Å²) < 4.78 is 0. The van der Waals surface area contributed by atoms with Crippen molar-refractivity contribution in [3.05, 3.63) is 144 Å². The zero-order valence-corrected chi connectivity index (χ0v) is 21.7. The van der Waals surface area contributed by atoms with Crippen molar-refractivity contribution in [3.63, 3.8) is 0 Å². The van der Waals surface area contributed by atoms with Crippen LogP contribution in [0.3, 0.4) is 0 Å². The van der Waals surface area contributed by atoms with Gasteiger partial charge in [-0.1, -0.05) is 55.5 Å². The SMILES string of the molecule is CC(c1ccccc1)c1ccnc(-c2[c-]cccc2)c1.Cc1ccc(-c2[c-]cccc2)nc1.[Ir]. The molecule has 0 aliphatic rings. The molecule has 0 saturated heterocycles. The molecule has 0 N–H and O–H groups in total. The van der Waals surface area contributed by atoms with Crippen LogP contribution in [-0.2, 0) is 20.1 Å². The van der Waals surface area contributed by atoms with Gasteiger partial charge in [-0.15, -0.1) is 71.8 Å². The molecule has 0 aliphatic carbocycles. The third-order valence-corrected chi connectivity index (χ3v) is 5.46. The molecule has 0 aliphatic heterocycles. The second kappa shape index (κ2) is 12.7. The van der Waals surface area contributed by atoms with Crippen LogP contribution in [0.1, 0.15) is 29.5 Å². The van der Waals surface area contributed by atoms with E-state index in [0.29, 0.717) is 5.92 Å². The van der Waals surface area contributed by atoms with E-state index in [2.05, 4.69) is 71.5 Å². The number of hydrogen-bond donors (Lipinski definition) is 0. The van der Waals surface area contributed by atoms with E-state index in [0.717, 1.165) is 22.5 Å². The van der Waals surface area contributed by atoms with Crippen LogP contribution in [0.15, 0.2) is 116 Å². The minimum Gasteiger partial charge on any atom is -0.305 e. The maximum absolute atomic E-state index is 4.45. The summed E-state index contributed by atoms with van der Waals surface area (Å²) in [6.45, 7) is 4.26. The first kappa shape index (κ1) is 25.2. The van der Waals surface area contributed by atoms with Crippen molar-refractivity contribution in [2.45, 2.75) is 19.8 Å². The normalized spacial score (nSPS) is 10.9. The number of rotatable bonds is 4. The summed E-state index contributed by atoms with van der Waals surface area (Å²) in [7, 11) is 0. The Labute approximate surface area is 216 Å². The van der Waals surface area contributed by atoms with Crippen LogP contribution in [-0.4, -0.2) is 9.97 Å². The molecular formula is C31H26IrN2-2. The molecule has 2 aromatic heterocycles. The van der Waals surface area contributed by atoms with E-state index in [4.69, 9.17) is 0 Å². The van der Waals surface area contributed by atoms with E-state index in [1.165, 1.54) is 16.7 Å². The molecule has 171 valence electrons. The molecule has 2 nitrogen and oxygen atoms in total. The van der Waals surface area contributed by atoms with Crippen molar-refractivity contribution in [2.24, 2.45) is 0 Å². The first-order valence-corrected chi connectivity index (χ1v) is 11.1. The Morgan fingerprint density at radius 1 is 0.647 bits per heavy atom. The summed E-state index contributed by atoms with van der Waals surface area (Å²) in [4.78, 5) is 8.77. The van der Waals surface area contributed by atoms with Gasteiger partial charge >= 0.3 is 0 Å². The number of pyridine rings is 2. The van der Waals surface area contributed by atoms with Gasteiger partial charge in [0.25, 0.3) is 0 Å². The Bertz CT molecular complexity index is 1260. The van der Waals surface area contributed by atoms with E-state index in [1.54, 1.807) is 0 Å². The molecule has 0 spiro atoms. The molecule has 34 heavy (non-hydrogen) atoms. The molecule has 1 radical (unpaired) electrons. The molecule has 3 aromatic carbocycles. The first-order chi connectivity index (χ1) is 16.2. The van der Waals surface area contributed by atoms with E-state index < -0.39 is 0 Å². The molecule has 0 fully saturated rings. The van der Waals surface area contributed by atoms with Gasteiger partial charge in [0.2, 0.25) is 0 Å². The summed E-state index contributed by atoms with van der Waals surface area (Å²) >= 11 is 0. The maximum Gasteiger partial charge on any atom is 0.0190 e. The van der Waals surface area contributed by atoms with Gasteiger partial charge in [-0.05, 0) is 41.1 Å². The second-order valence-electron chi connectivity index (χ2n) is 7.88. The molecule has 0 amide bonds. The van der Waals surface area contributed by atoms with Gasteiger partial charge in [0.05, 0.1) is 0 Å². The average Bonchev–Trinajstić information content (AvgIpc) is 2.91. The van der Waals surface area contributed by atoms with Gasteiger partial charge in [0, 0.05) is 38.4 Å². The standard InChI is InChI=1S/C19H16N.C12H10N.Ir/c1-15(16-8-4-2-5-9-16)18-12-13-20-19(14-18)17-10-6-3-7-11-17;1-10-7-8-12(13-9-10)11-5-3-2-4-6-11;/h2-10,12-15H,1H3;2-5,7-9H,1H3;/q2*-1;. The minimum absolute atomic E-state index is 0. The van der Waals surface area contributed by atoms with Crippen molar-refractivity contribution in [1.29, 1.82) is 0 Å². The fourth-order valence-electron chi connectivity index (χ4n) is 3.53. The summed E-state index contributed by atoms with van der Waals surface area (Å²) in [5.74, 6) is 0.363. The fourth-order valence-corrected chi connectivity index (χ4v) is 3.53. The van der Waals surface area contributed by atoms with Crippen LogP contribution in [0.25, 0.3) is 22.5 Å². The Balaban J connectivity index is 0.000000201. The van der Waals surface area contributed by atoms with E-state index in [1.807, 2.05) is 80.0 Å². The number of hydrogen-bond acceptors (Lipinski definition) is 2. The van der Waals surface area contributed by atoms with Crippen LogP contribution in [0.5, 0.6) is 0 Å². The van der Waals surface area contributed by atoms with Gasteiger partial charge < -0.3 is 9.97 Å². The molecule has 1 unspecified atom stereocenters. The van der Waals surface area contributed by atoms with Crippen LogP contribution in [0, 0.1) is 19.1 Å². The smallest absolute Gasteiger partial charge is 0.0190 e. The maximum atomic E-state index is 4.45. The fraction of sp³-hybridized carbons (Fsp3) is 0.0968. The number of aryl methyl sites for hydroxylation is 1. The van der Waals surface area contributed by atoms with Gasteiger partial charge in [-0.2, -0.15) is 0 Å². The Hall–Kier alpha value is -3.39. The molecule has 1 atom stereocenters. The van der Waals surface area contributed by atoms with Crippen molar-refractivity contribution < 1.29 is 20.1 Å². The summed E-state index contributed by atoms with van der Waals surface area (Å²) in [6, 6.07) is 41.0. The van der Waals surface area contributed by atoms with E-state index in [9.17, 15) is 0 Å². The van der Waals surface area contributed by atoms with Gasteiger partial charge in [0.1, 0.15) is 0 Å². The van der Waals surface area contributed by atoms with Crippen LogP contribution >= 0.6 is 0 Å². The van der Waals surface area contributed by atoms with Crippen LogP contribution < -0.4 is 0 Å². The zero-order chi connectivity index (χ0) is 22.9. The summed E-state index contributed by atoms with van der Waals surface area (Å²) in [5, 5.41) is 0. The predicted octanol–water partition coefficient (Wildman–Crippen LogP) is 7.56. The monoisotopic (exact) mass is 619 g/mol. The molecule has 5 aromatic rings. The largest absolute Gasteiger partial charge is 0.305 e. The third-order valence-electron chi connectivity index (χ3n) is 5.46. The number of benzene rings is 3. The van der Waals surface area contributed by atoms with Crippen LogP contribution in [0.2, 0.25) is 0 Å². The van der Waals surface area contributed by atoms with Crippen LogP contribution in [0.4, 0.5) is 0 Å². The van der Waals surface area contributed by atoms with Crippen molar-refractivity contribution in [3.8, 4) is 22.5 Å². The average molecular weight is 619 g/mol. The minimum atomic E-state index is 0. The molecule has 0 bridgehead atoms. The van der Waals surface area contributed by atoms with Crippen molar-refractivity contribution in [1.82, 2.24) is 9.97 Å². The van der Waals surface area contributed by atoms with Gasteiger partial charge in [-0.25, -0.2) is 0 Å².